The number of piperazine rings is 1. The molecule has 1 aliphatic carbocycles. The third kappa shape index (κ3) is 4.69. The molecule has 1 aromatic rings. The van der Waals surface area contributed by atoms with Gasteiger partial charge >= 0.3 is 5.97 Å². The SMILES string of the molecule is COC(=O)C1CCC2C(=O)N(CCC(=O)N3CCN(c4ccccn4)CC3)C(=S)NC2C1. The number of nitrogens with one attached hydrogen (secondary N) is 1. The lowest BCUT2D eigenvalue weighted by Gasteiger charge is -2.43. The Labute approximate surface area is 193 Å². The largest absolute Gasteiger partial charge is 0.469 e. The van der Waals surface area contributed by atoms with Crippen LogP contribution in [0.15, 0.2) is 24.4 Å². The standard InChI is InChI=1S/C22H29N5O4S/c1-31-21(30)15-5-6-16-17(14-15)24-22(32)27(20(16)29)9-7-19(28)26-12-10-25(11-13-26)18-4-2-3-8-23-18/h2-4,8,15-17H,5-7,9-14H2,1H3,(H,24,32). The minimum atomic E-state index is -0.236. The lowest BCUT2D eigenvalue weighted by molar-refractivity contribution is -0.149. The molecule has 1 aromatic heterocycles. The third-order valence-corrected chi connectivity index (χ3v) is 7.02. The summed E-state index contributed by atoms with van der Waals surface area (Å²) in [4.78, 5) is 47.6. The maximum absolute atomic E-state index is 13.0. The van der Waals surface area contributed by atoms with Crippen molar-refractivity contribution in [3.8, 4) is 0 Å². The van der Waals surface area contributed by atoms with Crippen molar-refractivity contribution in [3.63, 3.8) is 0 Å². The average Bonchev–Trinajstić information content (AvgIpc) is 2.83. The van der Waals surface area contributed by atoms with E-state index in [9.17, 15) is 14.4 Å². The number of amides is 2. The molecule has 32 heavy (non-hydrogen) atoms. The summed E-state index contributed by atoms with van der Waals surface area (Å²) >= 11 is 5.42. The third-order valence-electron chi connectivity index (χ3n) is 6.68. The van der Waals surface area contributed by atoms with Crippen LogP contribution in [-0.2, 0) is 19.1 Å². The Balaban J connectivity index is 1.27. The molecule has 3 unspecified atom stereocenters. The lowest BCUT2D eigenvalue weighted by Crippen LogP contribution is -2.62. The Morgan fingerprint density at radius 1 is 1.22 bits per heavy atom. The van der Waals surface area contributed by atoms with Crippen molar-refractivity contribution < 1.29 is 19.1 Å². The Hall–Kier alpha value is -2.75. The van der Waals surface area contributed by atoms with Gasteiger partial charge in [-0.3, -0.25) is 19.3 Å². The number of carbonyl (C=O) groups is 3. The molecular weight excluding hydrogens is 430 g/mol. The van der Waals surface area contributed by atoms with Gasteiger partial charge in [0.2, 0.25) is 11.8 Å². The highest BCUT2D eigenvalue weighted by Crippen LogP contribution is 2.33. The number of anilines is 1. The van der Waals surface area contributed by atoms with Gasteiger partial charge < -0.3 is 19.9 Å². The summed E-state index contributed by atoms with van der Waals surface area (Å²) in [5, 5.41) is 3.57. The number of hydrogen-bond acceptors (Lipinski definition) is 7. The van der Waals surface area contributed by atoms with E-state index in [0.717, 1.165) is 18.9 Å². The van der Waals surface area contributed by atoms with Crippen LogP contribution in [0.3, 0.4) is 0 Å². The Morgan fingerprint density at radius 2 is 2.00 bits per heavy atom. The van der Waals surface area contributed by atoms with E-state index in [1.54, 1.807) is 6.20 Å². The first-order chi connectivity index (χ1) is 15.5. The van der Waals surface area contributed by atoms with Crippen molar-refractivity contribution in [1.29, 1.82) is 0 Å². The van der Waals surface area contributed by atoms with Crippen molar-refractivity contribution in [3.05, 3.63) is 24.4 Å². The van der Waals surface area contributed by atoms with Crippen LogP contribution in [0.4, 0.5) is 5.82 Å². The highest BCUT2D eigenvalue weighted by atomic mass is 32.1. The van der Waals surface area contributed by atoms with E-state index < -0.39 is 0 Å². The summed E-state index contributed by atoms with van der Waals surface area (Å²) < 4.78 is 4.85. The summed E-state index contributed by atoms with van der Waals surface area (Å²) in [5.41, 5.74) is 0. The van der Waals surface area contributed by atoms with Gasteiger partial charge in [-0.1, -0.05) is 6.07 Å². The molecule has 2 saturated heterocycles. The van der Waals surface area contributed by atoms with Gasteiger partial charge in [0.25, 0.3) is 0 Å². The topological polar surface area (TPSA) is 95.1 Å². The first-order valence-corrected chi connectivity index (χ1v) is 11.5. The molecule has 0 radical (unpaired) electrons. The number of pyridine rings is 1. The maximum atomic E-state index is 13.0. The van der Waals surface area contributed by atoms with Crippen LogP contribution in [0.25, 0.3) is 0 Å². The molecule has 3 atom stereocenters. The number of esters is 1. The van der Waals surface area contributed by atoms with Crippen LogP contribution in [0.5, 0.6) is 0 Å². The van der Waals surface area contributed by atoms with Gasteiger partial charge in [-0.25, -0.2) is 4.98 Å². The van der Waals surface area contributed by atoms with E-state index >= 15 is 0 Å². The molecule has 1 N–H and O–H groups in total. The second-order valence-corrected chi connectivity index (χ2v) is 8.88. The zero-order chi connectivity index (χ0) is 22.7. The molecule has 3 heterocycles. The molecule has 3 fully saturated rings. The van der Waals surface area contributed by atoms with E-state index in [1.165, 1.54) is 12.0 Å². The summed E-state index contributed by atoms with van der Waals surface area (Å²) in [6.45, 7) is 3.00. The summed E-state index contributed by atoms with van der Waals surface area (Å²) in [6, 6.07) is 5.66. The molecule has 0 aromatic carbocycles. The zero-order valence-corrected chi connectivity index (χ0v) is 19.1. The highest BCUT2D eigenvalue weighted by molar-refractivity contribution is 7.80. The number of methoxy groups -OCH3 is 1. The van der Waals surface area contributed by atoms with Crippen LogP contribution in [0.2, 0.25) is 0 Å². The molecule has 0 spiro atoms. The highest BCUT2D eigenvalue weighted by Gasteiger charge is 2.44. The van der Waals surface area contributed by atoms with Crippen molar-refractivity contribution >= 4 is 40.9 Å². The second kappa shape index (κ2) is 9.81. The molecule has 9 nitrogen and oxygen atoms in total. The van der Waals surface area contributed by atoms with E-state index in [0.29, 0.717) is 37.5 Å². The Morgan fingerprint density at radius 3 is 2.69 bits per heavy atom. The Bertz CT molecular complexity index is 874. The quantitative estimate of drug-likeness (QED) is 0.510. The number of ether oxygens (including phenoxy) is 1. The summed E-state index contributed by atoms with van der Waals surface area (Å²) in [6.07, 6.45) is 3.78. The van der Waals surface area contributed by atoms with E-state index in [1.807, 2.05) is 23.1 Å². The van der Waals surface area contributed by atoms with Crippen LogP contribution in [0, 0.1) is 11.8 Å². The molecule has 2 aliphatic heterocycles. The van der Waals surface area contributed by atoms with Gasteiger partial charge in [-0.05, 0) is 43.6 Å². The minimum absolute atomic E-state index is 0.0257. The molecule has 0 bridgehead atoms. The van der Waals surface area contributed by atoms with Crippen molar-refractivity contribution in [2.75, 3.05) is 44.7 Å². The first kappa shape index (κ1) is 22.4. The van der Waals surface area contributed by atoms with Crippen molar-refractivity contribution in [1.82, 2.24) is 20.1 Å². The molecule has 172 valence electrons. The molecule has 1 saturated carbocycles. The number of nitrogens with zero attached hydrogens (tertiary/aromatic N) is 4. The fourth-order valence-electron chi connectivity index (χ4n) is 4.85. The van der Waals surface area contributed by atoms with Crippen molar-refractivity contribution in [2.45, 2.75) is 31.7 Å². The van der Waals surface area contributed by atoms with Gasteiger partial charge in [0.1, 0.15) is 5.82 Å². The molecule has 2 amide bonds. The fraction of sp³-hybridized carbons (Fsp3) is 0.591. The van der Waals surface area contributed by atoms with Gasteiger partial charge in [0.15, 0.2) is 5.11 Å². The summed E-state index contributed by atoms with van der Waals surface area (Å²) in [5.74, 6) is 0.237. The van der Waals surface area contributed by atoms with Gasteiger partial charge in [0, 0.05) is 51.4 Å². The van der Waals surface area contributed by atoms with Crippen LogP contribution in [-0.4, -0.2) is 83.6 Å². The number of thiocarbonyl (C=S) groups is 1. The number of rotatable bonds is 5. The molecule has 4 rings (SSSR count). The van der Waals surface area contributed by atoms with E-state index in [4.69, 9.17) is 17.0 Å². The fourth-order valence-corrected chi connectivity index (χ4v) is 5.18. The monoisotopic (exact) mass is 459 g/mol. The van der Waals surface area contributed by atoms with Gasteiger partial charge in [0.05, 0.1) is 18.9 Å². The number of carbonyl (C=O) groups excluding carboxylic acids is 3. The minimum Gasteiger partial charge on any atom is -0.469 e. The smallest absolute Gasteiger partial charge is 0.308 e. The first-order valence-electron chi connectivity index (χ1n) is 11.1. The second-order valence-electron chi connectivity index (χ2n) is 8.49. The zero-order valence-electron chi connectivity index (χ0n) is 18.2. The van der Waals surface area contributed by atoms with Gasteiger partial charge in [-0.15, -0.1) is 0 Å². The Kier molecular flexibility index (Phi) is 6.88. The van der Waals surface area contributed by atoms with Crippen LogP contribution in [0.1, 0.15) is 25.7 Å². The molecular formula is C22H29N5O4S. The number of hydrogen-bond donors (Lipinski definition) is 1. The predicted octanol–water partition coefficient (Wildman–Crippen LogP) is 0.795. The average molecular weight is 460 g/mol. The number of fused-ring (bicyclic) bond motifs is 1. The molecule has 10 heteroatoms. The van der Waals surface area contributed by atoms with Crippen LogP contribution >= 0.6 is 12.2 Å². The normalized spacial score (nSPS) is 25.8. The lowest BCUT2D eigenvalue weighted by atomic mass is 9.76. The van der Waals surface area contributed by atoms with E-state index in [2.05, 4.69) is 15.2 Å². The predicted molar refractivity (Wildman–Crippen MR) is 122 cm³/mol. The van der Waals surface area contributed by atoms with Crippen LogP contribution < -0.4 is 10.2 Å². The summed E-state index contributed by atoms with van der Waals surface area (Å²) in [7, 11) is 1.38. The van der Waals surface area contributed by atoms with Crippen molar-refractivity contribution in [2.24, 2.45) is 11.8 Å². The van der Waals surface area contributed by atoms with Gasteiger partial charge in [-0.2, -0.15) is 0 Å². The molecule has 3 aliphatic rings. The maximum Gasteiger partial charge on any atom is 0.308 e. The van der Waals surface area contributed by atoms with E-state index in [-0.39, 0.29) is 48.6 Å². The number of aromatic nitrogens is 1.